The largest absolute Gasteiger partial charge is 0.438 e. The van der Waals surface area contributed by atoms with E-state index in [1.54, 1.807) is 59.5 Å². The van der Waals surface area contributed by atoms with Gasteiger partial charge in [0.2, 0.25) is 11.8 Å². The third kappa shape index (κ3) is 5.28. The molecule has 32 heavy (non-hydrogen) atoms. The second-order valence-corrected chi connectivity index (χ2v) is 6.73. The second-order valence-electron chi connectivity index (χ2n) is 6.73. The van der Waals surface area contributed by atoms with Gasteiger partial charge in [-0.1, -0.05) is 18.2 Å². The number of nitrogens with one attached hydrogen (secondary N) is 1. The van der Waals surface area contributed by atoms with E-state index < -0.39 is 17.6 Å². The Balaban J connectivity index is 1.34. The first-order valence-corrected chi connectivity index (χ1v) is 9.44. The highest BCUT2D eigenvalue weighted by molar-refractivity contribution is 5.92. The number of carbonyl (C=O) groups is 1. The summed E-state index contributed by atoms with van der Waals surface area (Å²) in [6.45, 7) is 0. The molecule has 7 nitrogen and oxygen atoms in total. The minimum Gasteiger partial charge on any atom is -0.438 e. The lowest BCUT2D eigenvalue weighted by atomic mass is 10.1. The number of hydrogen-bond donors (Lipinski definition) is 1. The number of alkyl halides is 3. The van der Waals surface area contributed by atoms with Gasteiger partial charge < -0.3 is 10.1 Å². The molecule has 0 radical (unpaired) electrons. The summed E-state index contributed by atoms with van der Waals surface area (Å²) >= 11 is 0. The molecule has 162 valence electrons. The molecule has 10 heteroatoms. The number of nitrogens with zero attached hydrogens (tertiary/aromatic N) is 4. The summed E-state index contributed by atoms with van der Waals surface area (Å²) in [5.74, 6) is 0.864. The Morgan fingerprint density at radius 3 is 2.47 bits per heavy atom. The monoisotopic (exact) mass is 439 g/mol. The number of aromatic nitrogens is 4. The van der Waals surface area contributed by atoms with E-state index >= 15 is 0 Å². The van der Waals surface area contributed by atoms with Gasteiger partial charge in [0.05, 0.1) is 12.0 Å². The summed E-state index contributed by atoms with van der Waals surface area (Å²) in [5.41, 5.74) is -0.0334. The van der Waals surface area contributed by atoms with Crippen LogP contribution in [0, 0.1) is 0 Å². The van der Waals surface area contributed by atoms with Gasteiger partial charge in [-0.15, -0.1) is 10.2 Å². The highest BCUT2D eigenvalue weighted by atomic mass is 19.4. The summed E-state index contributed by atoms with van der Waals surface area (Å²) in [5, 5.41) is 14.7. The lowest BCUT2D eigenvalue weighted by Crippen LogP contribution is -2.15. The fourth-order valence-corrected chi connectivity index (χ4v) is 2.87. The zero-order valence-electron chi connectivity index (χ0n) is 16.5. The van der Waals surface area contributed by atoms with Crippen molar-refractivity contribution in [2.75, 3.05) is 5.32 Å². The van der Waals surface area contributed by atoms with E-state index in [0.29, 0.717) is 17.3 Å². The van der Waals surface area contributed by atoms with Crippen LogP contribution in [0.4, 0.5) is 18.9 Å². The van der Waals surface area contributed by atoms with E-state index in [1.165, 1.54) is 12.1 Å². The molecule has 0 fully saturated rings. The van der Waals surface area contributed by atoms with Crippen molar-refractivity contribution in [3.05, 3.63) is 90.3 Å². The average molecular weight is 439 g/mol. The van der Waals surface area contributed by atoms with Gasteiger partial charge in [-0.2, -0.15) is 18.3 Å². The molecule has 0 aliphatic heterocycles. The molecule has 2 aromatic carbocycles. The molecule has 2 aromatic heterocycles. The highest BCUT2D eigenvalue weighted by Gasteiger charge is 2.30. The fraction of sp³-hybridized carbons (Fsp3) is 0.0909. The summed E-state index contributed by atoms with van der Waals surface area (Å²) in [4.78, 5) is 12.2. The molecule has 0 aliphatic rings. The van der Waals surface area contributed by atoms with Crippen LogP contribution in [0.1, 0.15) is 11.1 Å². The van der Waals surface area contributed by atoms with Crippen LogP contribution in [0.15, 0.2) is 79.1 Å². The van der Waals surface area contributed by atoms with Crippen LogP contribution < -0.4 is 10.1 Å². The predicted octanol–water partition coefficient (Wildman–Crippen LogP) is 4.65. The lowest BCUT2D eigenvalue weighted by Gasteiger charge is -2.10. The Hall–Kier alpha value is -4.21. The fourth-order valence-electron chi connectivity index (χ4n) is 2.87. The van der Waals surface area contributed by atoms with Crippen LogP contribution in [-0.2, 0) is 17.4 Å². The van der Waals surface area contributed by atoms with Crippen LogP contribution in [0.3, 0.4) is 0 Å². The van der Waals surface area contributed by atoms with E-state index in [1.807, 2.05) is 0 Å². The standard InChI is InChI=1S/C22H16F3N5O2/c23-22(24,25)16-4-1-3-15(13-16)14-20(31)27-17-5-7-18(8-6-17)32-21-10-9-19(28-29-21)30-12-2-11-26-30/h1-13H,14H2,(H,27,31). The third-order valence-corrected chi connectivity index (χ3v) is 4.34. The van der Waals surface area contributed by atoms with Crippen LogP contribution in [0.25, 0.3) is 5.82 Å². The summed E-state index contributed by atoms with van der Waals surface area (Å²) in [6.07, 6.45) is -1.26. The first-order chi connectivity index (χ1) is 15.4. The molecular formula is C22H16F3N5O2. The quantitative estimate of drug-likeness (QED) is 0.473. The molecule has 0 spiro atoms. The smallest absolute Gasteiger partial charge is 0.416 e. The van der Waals surface area contributed by atoms with Crippen LogP contribution in [0.5, 0.6) is 11.6 Å². The summed E-state index contributed by atoms with van der Waals surface area (Å²) in [6, 6.07) is 16.3. The van der Waals surface area contributed by atoms with E-state index in [4.69, 9.17) is 4.74 Å². The maximum atomic E-state index is 12.8. The second kappa shape index (κ2) is 8.88. The third-order valence-electron chi connectivity index (χ3n) is 4.34. The Kier molecular flexibility index (Phi) is 5.84. The topological polar surface area (TPSA) is 81.9 Å². The minimum atomic E-state index is -4.45. The van der Waals surface area contributed by atoms with Gasteiger partial charge in [0.15, 0.2) is 5.82 Å². The number of amides is 1. The predicted molar refractivity (Wildman–Crippen MR) is 109 cm³/mol. The molecule has 2 heterocycles. The number of anilines is 1. The Labute approximate surface area is 180 Å². The van der Waals surface area contributed by atoms with E-state index in [9.17, 15) is 18.0 Å². The molecule has 0 bridgehead atoms. The number of halogens is 3. The van der Waals surface area contributed by atoms with Crippen molar-refractivity contribution in [3.8, 4) is 17.4 Å². The zero-order valence-corrected chi connectivity index (χ0v) is 16.5. The van der Waals surface area contributed by atoms with Crippen molar-refractivity contribution in [1.29, 1.82) is 0 Å². The molecule has 1 amide bonds. The van der Waals surface area contributed by atoms with Gasteiger partial charge in [0, 0.05) is 24.1 Å². The van der Waals surface area contributed by atoms with Crippen LogP contribution in [0.2, 0.25) is 0 Å². The molecule has 0 atom stereocenters. The molecule has 4 aromatic rings. The van der Waals surface area contributed by atoms with Crippen molar-refractivity contribution in [1.82, 2.24) is 20.0 Å². The SMILES string of the molecule is O=C(Cc1cccc(C(F)(F)F)c1)Nc1ccc(Oc2ccc(-n3cccn3)nn2)cc1. The number of hydrogen-bond acceptors (Lipinski definition) is 5. The van der Waals surface area contributed by atoms with E-state index in [0.717, 1.165) is 12.1 Å². The minimum absolute atomic E-state index is 0.180. The highest BCUT2D eigenvalue weighted by Crippen LogP contribution is 2.29. The van der Waals surface area contributed by atoms with Gasteiger partial charge in [-0.05, 0) is 48.0 Å². The van der Waals surface area contributed by atoms with Gasteiger partial charge >= 0.3 is 6.18 Å². The van der Waals surface area contributed by atoms with Gasteiger partial charge in [0.25, 0.3) is 0 Å². The Morgan fingerprint density at radius 2 is 1.81 bits per heavy atom. The molecule has 0 aliphatic carbocycles. The Morgan fingerprint density at radius 1 is 1.00 bits per heavy atom. The molecule has 4 rings (SSSR count). The van der Waals surface area contributed by atoms with Crippen molar-refractivity contribution in [2.45, 2.75) is 12.6 Å². The summed E-state index contributed by atoms with van der Waals surface area (Å²) < 4.78 is 45.6. The number of carbonyl (C=O) groups excluding carboxylic acids is 1. The maximum Gasteiger partial charge on any atom is 0.416 e. The number of benzene rings is 2. The molecule has 0 saturated carbocycles. The van der Waals surface area contributed by atoms with Crippen molar-refractivity contribution < 1.29 is 22.7 Å². The van der Waals surface area contributed by atoms with Gasteiger partial charge in [0.1, 0.15) is 5.75 Å². The first kappa shape index (κ1) is 21.0. The molecule has 1 N–H and O–H groups in total. The molecular weight excluding hydrogens is 423 g/mol. The summed E-state index contributed by atoms with van der Waals surface area (Å²) in [7, 11) is 0. The van der Waals surface area contributed by atoms with Crippen LogP contribution in [-0.4, -0.2) is 25.9 Å². The molecule has 0 saturated heterocycles. The first-order valence-electron chi connectivity index (χ1n) is 9.44. The van der Waals surface area contributed by atoms with E-state index in [-0.39, 0.29) is 17.9 Å². The Bertz CT molecular complexity index is 1190. The number of rotatable bonds is 6. The van der Waals surface area contributed by atoms with Gasteiger partial charge in [-0.3, -0.25) is 4.79 Å². The van der Waals surface area contributed by atoms with Crippen molar-refractivity contribution in [3.63, 3.8) is 0 Å². The maximum absolute atomic E-state index is 12.8. The van der Waals surface area contributed by atoms with Crippen LogP contribution >= 0.6 is 0 Å². The molecule has 0 unspecified atom stereocenters. The van der Waals surface area contributed by atoms with Crippen molar-refractivity contribution >= 4 is 11.6 Å². The van der Waals surface area contributed by atoms with E-state index in [2.05, 4.69) is 20.6 Å². The number of ether oxygens (including phenoxy) is 1. The van der Waals surface area contributed by atoms with Crippen molar-refractivity contribution in [2.24, 2.45) is 0 Å². The average Bonchev–Trinajstić information content (AvgIpc) is 3.30. The zero-order chi connectivity index (χ0) is 22.6. The normalized spacial score (nSPS) is 11.2. The van der Waals surface area contributed by atoms with Gasteiger partial charge in [-0.25, -0.2) is 4.68 Å². The lowest BCUT2D eigenvalue weighted by molar-refractivity contribution is -0.137.